The van der Waals surface area contributed by atoms with E-state index in [0.29, 0.717) is 23.3 Å². The van der Waals surface area contributed by atoms with Gasteiger partial charge >= 0.3 is 0 Å². The van der Waals surface area contributed by atoms with Crippen LogP contribution in [0.3, 0.4) is 0 Å². The van der Waals surface area contributed by atoms with Crippen LogP contribution in [0.5, 0.6) is 0 Å². The zero-order valence-corrected chi connectivity index (χ0v) is 9.68. The fourth-order valence-electron chi connectivity index (χ4n) is 1.86. The van der Waals surface area contributed by atoms with Crippen molar-refractivity contribution in [3.63, 3.8) is 0 Å². The van der Waals surface area contributed by atoms with Gasteiger partial charge in [0.1, 0.15) is 5.82 Å². The summed E-state index contributed by atoms with van der Waals surface area (Å²) in [6.45, 7) is 2.10. The highest BCUT2D eigenvalue weighted by Gasteiger charge is 2.32. The first-order valence-corrected chi connectivity index (χ1v) is 5.58. The van der Waals surface area contributed by atoms with Gasteiger partial charge in [-0.15, -0.1) is 0 Å². The highest BCUT2D eigenvalue weighted by Crippen LogP contribution is 2.35. The van der Waals surface area contributed by atoms with Gasteiger partial charge in [0.05, 0.1) is 0 Å². The molecule has 1 amide bonds. The number of amides is 1. The molecule has 0 radical (unpaired) electrons. The highest BCUT2D eigenvalue weighted by atomic mass is 16.2. The monoisotopic (exact) mass is 219 g/mol. The van der Waals surface area contributed by atoms with Crippen LogP contribution < -0.4 is 5.73 Å². The number of rotatable bonds is 3. The SMILES string of the molecule is CC(C1CC1)N(C)C(=O)c1ccnc(N)c1. The lowest BCUT2D eigenvalue weighted by molar-refractivity contribution is 0.0727. The van der Waals surface area contributed by atoms with Crippen LogP contribution in [0, 0.1) is 5.92 Å². The Balaban J connectivity index is 2.11. The average molecular weight is 219 g/mol. The van der Waals surface area contributed by atoms with E-state index in [-0.39, 0.29) is 5.91 Å². The van der Waals surface area contributed by atoms with Gasteiger partial charge in [0.15, 0.2) is 0 Å². The van der Waals surface area contributed by atoms with Crippen LogP contribution >= 0.6 is 0 Å². The van der Waals surface area contributed by atoms with Crippen LogP contribution in [-0.4, -0.2) is 28.9 Å². The van der Waals surface area contributed by atoms with Crippen LogP contribution in [0.1, 0.15) is 30.1 Å². The number of hydrogen-bond donors (Lipinski definition) is 1. The molecule has 2 rings (SSSR count). The Bertz CT molecular complexity index is 401. The number of nitrogen functional groups attached to an aromatic ring is 1. The van der Waals surface area contributed by atoms with Gasteiger partial charge in [-0.2, -0.15) is 0 Å². The summed E-state index contributed by atoms with van der Waals surface area (Å²) < 4.78 is 0. The summed E-state index contributed by atoms with van der Waals surface area (Å²) >= 11 is 0. The first-order valence-electron chi connectivity index (χ1n) is 5.58. The minimum Gasteiger partial charge on any atom is -0.384 e. The number of pyridine rings is 1. The third-order valence-corrected chi connectivity index (χ3v) is 3.26. The second kappa shape index (κ2) is 4.12. The second-order valence-electron chi connectivity index (χ2n) is 4.46. The third-order valence-electron chi connectivity index (χ3n) is 3.26. The summed E-state index contributed by atoms with van der Waals surface area (Å²) in [6.07, 6.45) is 4.03. The van der Waals surface area contributed by atoms with E-state index in [9.17, 15) is 4.79 Å². The molecule has 86 valence electrons. The molecule has 4 nitrogen and oxygen atoms in total. The molecule has 16 heavy (non-hydrogen) atoms. The third kappa shape index (κ3) is 2.15. The maximum Gasteiger partial charge on any atom is 0.254 e. The molecule has 0 aliphatic heterocycles. The summed E-state index contributed by atoms with van der Waals surface area (Å²) in [6, 6.07) is 3.63. The number of nitrogens with two attached hydrogens (primary N) is 1. The number of nitrogens with zero attached hydrogens (tertiary/aromatic N) is 2. The minimum absolute atomic E-state index is 0.0218. The predicted octanol–water partition coefficient (Wildman–Crippen LogP) is 1.53. The van der Waals surface area contributed by atoms with Crippen LogP contribution in [0.4, 0.5) is 5.82 Å². The predicted molar refractivity (Wildman–Crippen MR) is 62.9 cm³/mol. The van der Waals surface area contributed by atoms with Crippen molar-refractivity contribution >= 4 is 11.7 Å². The van der Waals surface area contributed by atoms with Gasteiger partial charge in [0.2, 0.25) is 0 Å². The number of carbonyl (C=O) groups is 1. The highest BCUT2D eigenvalue weighted by molar-refractivity contribution is 5.94. The Kier molecular flexibility index (Phi) is 2.81. The average Bonchev–Trinajstić information content (AvgIpc) is 3.10. The maximum atomic E-state index is 12.1. The van der Waals surface area contributed by atoms with Gasteiger partial charge in [0.25, 0.3) is 5.91 Å². The molecule has 1 aromatic heterocycles. The van der Waals surface area contributed by atoms with E-state index in [4.69, 9.17) is 5.73 Å². The summed E-state index contributed by atoms with van der Waals surface area (Å²) in [7, 11) is 1.85. The van der Waals surface area contributed by atoms with Crippen molar-refractivity contribution < 1.29 is 4.79 Å². The first kappa shape index (κ1) is 10.9. The first-order chi connectivity index (χ1) is 7.59. The number of aromatic nitrogens is 1. The zero-order chi connectivity index (χ0) is 11.7. The van der Waals surface area contributed by atoms with Gasteiger partial charge in [-0.25, -0.2) is 4.98 Å². The van der Waals surface area contributed by atoms with Gasteiger partial charge in [-0.1, -0.05) is 0 Å². The van der Waals surface area contributed by atoms with Crippen molar-refractivity contribution in [1.82, 2.24) is 9.88 Å². The van der Waals surface area contributed by atoms with E-state index >= 15 is 0 Å². The lowest BCUT2D eigenvalue weighted by Gasteiger charge is -2.24. The number of carbonyl (C=O) groups excluding carboxylic acids is 1. The molecule has 1 aliphatic rings. The number of hydrogen-bond acceptors (Lipinski definition) is 3. The molecular weight excluding hydrogens is 202 g/mol. The number of anilines is 1. The molecule has 0 spiro atoms. The van der Waals surface area contributed by atoms with Crippen molar-refractivity contribution in [2.24, 2.45) is 5.92 Å². The van der Waals surface area contributed by atoms with E-state index in [2.05, 4.69) is 11.9 Å². The lowest BCUT2D eigenvalue weighted by atomic mass is 10.1. The summed E-state index contributed by atoms with van der Waals surface area (Å²) in [5.41, 5.74) is 6.18. The van der Waals surface area contributed by atoms with Gasteiger partial charge < -0.3 is 10.6 Å². The molecule has 2 N–H and O–H groups in total. The molecule has 1 saturated carbocycles. The van der Waals surface area contributed by atoms with Crippen molar-refractivity contribution in [3.05, 3.63) is 23.9 Å². The molecule has 0 bridgehead atoms. The molecular formula is C12H17N3O. The fourth-order valence-corrected chi connectivity index (χ4v) is 1.86. The van der Waals surface area contributed by atoms with Gasteiger partial charge in [-0.05, 0) is 37.8 Å². The summed E-state index contributed by atoms with van der Waals surface area (Å²) in [4.78, 5) is 17.8. The Morgan fingerprint density at radius 2 is 2.31 bits per heavy atom. The maximum absolute atomic E-state index is 12.1. The standard InChI is InChI=1S/C12H17N3O/c1-8(9-3-4-9)15(2)12(16)10-5-6-14-11(13)7-10/h5-9H,3-4H2,1-2H3,(H2,13,14). The fraction of sp³-hybridized carbons (Fsp3) is 0.500. The molecule has 1 heterocycles. The molecule has 1 fully saturated rings. The topological polar surface area (TPSA) is 59.2 Å². The zero-order valence-electron chi connectivity index (χ0n) is 9.68. The van der Waals surface area contributed by atoms with Crippen molar-refractivity contribution in [2.45, 2.75) is 25.8 Å². The van der Waals surface area contributed by atoms with Crippen LogP contribution in [0.15, 0.2) is 18.3 Å². The van der Waals surface area contributed by atoms with Crippen LogP contribution in [0.2, 0.25) is 0 Å². The van der Waals surface area contributed by atoms with E-state index < -0.39 is 0 Å². The smallest absolute Gasteiger partial charge is 0.254 e. The molecule has 0 saturated heterocycles. The molecule has 1 atom stereocenters. The van der Waals surface area contributed by atoms with Crippen molar-refractivity contribution in [3.8, 4) is 0 Å². The molecule has 1 aromatic rings. The Labute approximate surface area is 95.5 Å². The van der Waals surface area contributed by atoms with Crippen molar-refractivity contribution in [1.29, 1.82) is 0 Å². The quantitative estimate of drug-likeness (QED) is 0.838. The van der Waals surface area contributed by atoms with Gasteiger partial charge in [0, 0.05) is 24.8 Å². The lowest BCUT2D eigenvalue weighted by Crippen LogP contribution is -2.36. The molecule has 4 heteroatoms. The minimum atomic E-state index is 0.0218. The largest absolute Gasteiger partial charge is 0.384 e. The Hall–Kier alpha value is -1.58. The van der Waals surface area contributed by atoms with E-state index in [0.717, 1.165) is 0 Å². The summed E-state index contributed by atoms with van der Waals surface area (Å²) in [5, 5.41) is 0. The van der Waals surface area contributed by atoms with E-state index in [1.165, 1.54) is 12.8 Å². The van der Waals surface area contributed by atoms with E-state index in [1.54, 1.807) is 23.2 Å². The van der Waals surface area contributed by atoms with Crippen LogP contribution in [0.25, 0.3) is 0 Å². The molecule has 1 aliphatic carbocycles. The van der Waals surface area contributed by atoms with Crippen LogP contribution in [-0.2, 0) is 0 Å². The van der Waals surface area contributed by atoms with Crippen molar-refractivity contribution in [2.75, 3.05) is 12.8 Å². The Morgan fingerprint density at radius 3 is 2.88 bits per heavy atom. The normalized spacial score (nSPS) is 16.9. The summed E-state index contributed by atoms with van der Waals surface area (Å²) in [5.74, 6) is 1.08. The molecule has 0 aromatic carbocycles. The Morgan fingerprint density at radius 1 is 1.62 bits per heavy atom. The van der Waals surface area contributed by atoms with Gasteiger partial charge in [-0.3, -0.25) is 4.79 Å². The van der Waals surface area contributed by atoms with E-state index in [1.807, 2.05) is 7.05 Å². The molecule has 1 unspecified atom stereocenters. The second-order valence-corrected chi connectivity index (χ2v) is 4.46.